The molecule has 180 valence electrons. The third kappa shape index (κ3) is 5.95. The molecular weight excluding hydrogens is 420 g/mol. The number of aromatic hydroxyl groups is 2. The van der Waals surface area contributed by atoms with Crippen molar-refractivity contribution in [1.29, 1.82) is 0 Å². The molecule has 6 heteroatoms. The average Bonchev–Trinajstić information content (AvgIpc) is 2.79. The number of hydrogen-bond acceptors (Lipinski definition) is 6. The molecule has 0 bridgehead atoms. The fraction of sp³-hybridized carbons (Fsp3) is 0.407. The second kappa shape index (κ2) is 12.1. The molecule has 0 amide bonds. The minimum atomic E-state index is -0.806. The van der Waals surface area contributed by atoms with Gasteiger partial charge in [0.25, 0.3) is 0 Å². The zero-order valence-corrected chi connectivity index (χ0v) is 20.1. The maximum atomic E-state index is 11.2. The van der Waals surface area contributed by atoms with Crippen LogP contribution in [0.15, 0.2) is 49.6 Å². The number of phenolic OH excluding ortho intramolecular Hbond substituents is 2. The molecule has 2 N–H and O–H groups in total. The van der Waals surface area contributed by atoms with Crippen LogP contribution in [0.5, 0.6) is 34.5 Å². The Morgan fingerprint density at radius 2 is 1.12 bits per heavy atom. The summed E-state index contributed by atoms with van der Waals surface area (Å²) in [7, 11) is 0. The lowest BCUT2D eigenvalue weighted by Gasteiger charge is -2.30. The van der Waals surface area contributed by atoms with E-state index in [4.69, 9.17) is 18.9 Å². The predicted molar refractivity (Wildman–Crippen MR) is 131 cm³/mol. The first-order valence-corrected chi connectivity index (χ1v) is 11.3. The lowest BCUT2D eigenvalue weighted by Crippen LogP contribution is -2.20. The minimum absolute atomic E-state index is 0.0466. The fourth-order valence-electron chi connectivity index (χ4n) is 3.47. The Morgan fingerprint density at radius 1 is 0.727 bits per heavy atom. The molecule has 0 saturated carbocycles. The molecule has 0 radical (unpaired) electrons. The van der Waals surface area contributed by atoms with Crippen molar-refractivity contribution in [2.75, 3.05) is 26.4 Å². The smallest absolute Gasteiger partial charge is 0.203 e. The van der Waals surface area contributed by atoms with Gasteiger partial charge in [0.05, 0.1) is 13.2 Å². The SMILES string of the molecule is C=CCOc1c(OCCC)ccc(C(C)(C)c2ccc(OCCC)c(OCC=C)c2O)c1O. The Hall–Kier alpha value is -3.28. The Kier molecular flexibility index (Phi) is 9.52. The Balaban J connectivity index is 2.59. The fourth-order valence-corrected chi connectivity index (χ4v) is 3.47. The molecule has 0 aliphatic heterocycles. The van der Waals surface area contributed by atoms with Gasteiger partial charge < -0.3 is 29.2 Å². The van der Waals surface area contributed by atoms with E-state index in [1.165, 1.54) is 0 Å². The number of hydrogen-bond donors (Lipinski definition) is 2. The van der Waals surface area contributed by atoms with E-state index in [9.17, 15) is 10.2 Å². The monoisotopic (exact) mass is 456 g/mol. The highest BCUT2D eigenvalue weighted by atomic mass is 16.5. The molecule has 0 atom stereocenters. The molecule has 0 aliphatic rings. The lowest BCUT2D eigenvalue weighted by atomic mass is 9.76. The summed E-state index contributed by atoms with van der Waals surface area (Å²) in [6, 6.07) is 7.12. The van der Waals surface area contributed by atoms with E-state index in [1.807, 2.05) is 27.7 Å². The second-order valence-corrected chi connectivity index (χ2v) is 8.10. The quantitative estimate of drug-likeness (QED) is 0.333. The van der Waals surface area contributed by atoms with Crippen molar-refractivity contribution < 1.29 is 29.2 Å². The Labute approximate surface area is 197 Å². The van der Waals surface area contributed by atoms with Crippen LogP contribution >= 0.6 is 0 Å². The molecule has 2 aromatic rings. The number of phenols is 2. The van der Waals surface area contributed by atoms with E-state index in [2.05, 4.69) is 13.2 Å². The molecule has 0 aliphatic carbocycles. The number of benzene rings is 2. The van der Waals surface area contributed by atoms with Gasteiger partial charge in [0, 0.05) is 16.5 Å². The third-order valence-corrected chi connectivity index (χ3v) is 5.15. The molecule has 0 fully saturated rings. The van der Waals surface area contributed by atoms with Crippen molar-refractivity contribution >= 4 is 0 Å². The van der Waals surface area contributed by atoms with Gasteiger partial charge in [-0.1, -0.05) is 65.1 Å². The van der Waals surface area contributed by atoms with Crippen molar-refractivity contribution in [1.82, 2.24) is 0 Å². The topological polar surface area (TPSA) is 77.4 Å². The van der Waals surface area contributed by atoms with Crippen LogP contribution in [-0.2, 0) is 5.41 Å². The molecule has 0 spiro atoms. The van der Waals surface area contributed by atoms with Crippen LogP contribution < -0.4 is 18.9 Å². The molecule has 0 aromatic heterocycles. The van der Waals surface area contributed by atoms with Gasteiger partial charge in [0.1, 0.15) is 13.2 Å². The highest BCUT2D eigenvalue weighted by Crippen LogP contribution is 2.50. The maximum Gasteiger partial charge on any atom is 0.203 e. The van der Waals surface area contributed by atoms with Crippen LogP contribution in [0.1, 0.15) is 51.7 Å². The summed E-state index contributed by atoms with van der Waals surface area (Å²) in [6.07, 6.45) is 4.85. The highest BCUT2D eigenvalue weighted by Gasteiger charge is 2.33. The zero-order valence-electron chi connectivity index (χ0n) is 20.1. The van der Waals surface area contributed by atoms with Crippen molar-refractivity contribution in [2.45, 2.75) is 46.0 Å². The molecular formula is C27H36O6. The standard InChI is InChI=1S/C27H36O6/c1-7-15-30-21-13-11-19(23(28)25(21)32-17-9-3)27(5,6)20-12-14-22(31-16-8-2)26(24(20)29)33-18-10-4/h9-14,28-29H,3-4,7-8,15-18H2,1-2,5-6H3. The summed E-state index contributed by atoms with van der Waals surface area (Å²) in [6.45, 7) is 16.6. The van der Waals surface area contributed by atoms with Crippen molar-refractivity contribution in [3.8, 4) is 34.5 Å². The van der Waals surface area contributed by atoms with E-state index >= 15 is 0 Å². The van der Waals surface area contributed by atoms with E-state index in [0.717, 1.165) is 12.8 Å². The first-order valence-electron chi connectivity index (χ1n) is 11.3. The Morgan fingerprint density at radius 3 is 1.45 bits per heavy atom. The summed E-state index contributed by atoms with van der Waals surface area (Å²) in [5, 5.41) is 22.3. The molecule has 2 rings (SSSR count). The van der Waals surface area contributed by atoms with E-state index < -0.39 is 5.41 Å². The van der Waals surface area contributed by atoms with Gasteiger partial charge in [0.2, 0.25) is 11.5 Å². The first-order chi connectivity index (χ1) is 15.8. The number of ether oxygens (including phenoxy) is 4. The van der Waals surface area contributed by atoms with E-state index in [1.54, 1.807) is 36.4 Å². The van der Waals surface area contributed by atoms with Crippen molar-refractivity contribution in [3.63, 3.8) is 0 Å². The third-order valence-electron chi connectivity index (χ3n) is 5.15. The van der Waals surface area contributed by atoms with E-state index in [0.29, 0.717) is 35.8 Å². The molecule has 0 heterocycles. The first kappa shape index (κ1) is 26.0. The van der Waals surface area contributed by atoms with Gasteiger partial charge >= 0.3 is 0 Å². The van der Waals surface area contributed by atoms with Gasteiger partial charge in [-0.05, 0) is 25.0 Å². The van der Waals surface area contributed by atoms with E-state index in [-0.39, 0.29) is 36.2 Å². The van der Waals surface area contributed by atoms with Crippen LogP contribution in [0, 0.1) is 0 Å². The van der Waals surface area contributed by atoms with Crippen LogP contribution in [0.4, 0.5) is 0 Å². The summed E-state index contributed by atoms with van der Waals surface area (Å²) >= 11 is 0. The van der Waals surface area contributed by atoms with Gasteiger partial charge in [-0.2, -0.15) is 0 Å². The highest BCUT2D eigenvalue weighted by molar-refractivity contribution is 5.63. The summed E-state index contributed by atoms with van der Waals surface area (Å²) in [5.41, 5.74) is 0.328. The molecule has 6 nitrogen and oxygen atoms in total. The summed E-state index contributed by atoms with van der Waals surface area (Å²) < 4.78 is 23.0. The maximum absolute atomic E-state index is 11.2. The second-order valence-electron chi connectivity index (χ2n) is 8.10. The number of rotatable bonds is 14. The lowest BCUT2D eigenvalue weighted by molar-refractivity contribution is 0.270. The minimum Gasteiger partial charge on any atom is -0.504 e. The molecule has 2 aromatic carbocycles. The average molecular weight is 457 g/mol. The van der Waals surface area contributed by atoms with Gasteiger partial charge in [-0.15, -0.1) is 0 Å². The van der Waals surface area contributed by atoms with Gasteiger partial charge in [-0.3, -0.25) is 0 Å². The summed E-state index contributed by atoms with van der Waals surface area (Å²) in [4.78, 5) is 0. The van der Waals surface area contributed by atoms with Crippen LogP contribution in [0.3, 0.4) is 0 Å². The van der Waals surface area contributed by atoms with Crippen LogP contribution in [-0.4, -0.2) is 36.6 Å². The van der Waals surface area contributed by atoms with Gasteiger partial charge in [-0.25, -0.2) is 0 Å². The van der Waals surface area contributed by atoms with Gasteiger partial charge in [0.15, 0.2) is 23.0 Å². The van der Waals surface area contributed by atoms with Crippen LogP contribution in [0.25, 0.3) is 0 Å². The summed E-state index contributed by atoms with van der Waals surface area (Å²) in [5.74, 6) is 1.32. The zero-order chi connectivity index (χ0) is 24.4. The van der Waals surface area contributed by atoms with Crippen molar-refractivity contribution in [3.05, 3.63) is 60.7 Å². The normalized spacial score (nSPS) is 11.0. The van der Waals surface area contributed by atoms with Crippen molar-refractivity contribution in [2.24, 2.45) is 0 Å². The largest absolute Gasteiger partial charge is 0.504 e. The molecule has 0 unspecified atom stereocenters. The Bertz CT molecular complexity index is 873. The molecule has 0 saturated heterocycles. The molecule has 33 heavy (non-hydrogen) atoms. The van der Waals surface area contributed by atoms with Crippen LogP contribution in [0.2, 0.25) is 0 Å². The predicted octanol–water partition coefficient (Wildman–Crippen LogP) is 6.13.